The number of nitrogens with zero attached hydrogens (tertiary/aromatic N) is 3. The van der Waals surface area contributed by atoms with E-state index in [9.17, 15) is 0 Å². The third-order valence-electron chi connectivity index (χ3n) is 2.33. The number of halogens is 1. The van der Waals surface area contributed by atoms with E-state index in [0.717, 1.165) is 16.0 Å². The fourth-order valence-electron chi connectivity index (χ4n) is 1.60. The Morgan fingerprint density at radius 3 is 2.88 bits per heavy atom. The van der Waals surface area contributed by atoms with Gasteiger partial charge in [-0.2, -0.15) is 0 Å². The molecule has 2 aromatic heterocycles. The summed E-state index contributed by atoms with van der Waals surface area (Å²) in [6.07, 6.45) is 7.29. The number of pyridine rings is 1. The number of nitrogens with one attached hydrogen (secondary N) is 1. The molecule has 1 unspecified atom stereocenters. The topological polar surface area (TPSA) is 42.7 Å². The van der Waals surface area contributed by atoms with Gasteiger partial charge in [-0.1, -0.05) is 0 Å². The highest BCUT2D eigenvalue weighted by molar-refractivity contribution is 9.10. The van der Waals surface area contributed by atoms with E-state index in [0.29, 0.717) is 0 Å². The maximum atomic E-state index is 4.30. The van der Waals surface area contributed by atoms with E-state index >= 15 is 0 Å². The lowest BCUT2D eigenvalue weighted by molar-refractivity contribution is 0.721. The van der Waals surface area contributed by atoms with Crippen LogP contribution in [0.25, 0.3) is 0 Å². The summed E-state index contributed by atoms with van der Waals surface area (Å²) in [7, 11) is 1.99. The second-order valence-corrected chi connectivity index (χ2v) is 4.57. The lowest BCUT2D eigenvalue weighted by Crippen LogP contribution is -2.11. The summed E-state index contributed by atoms with van der Waals surface area (Å²) in [5.41, 5.74) is 0.977. The molecular formula is C11H13BrN4. The third-order valence-corrected chi connectivity index (χ3v) is 2.77. The number of hydrogen-bond acceptors (Lipinski definition) is 3. The summed E-state index contributed by atoms with van der Waals surface area (Å²) in [5, 5.41) is 3.35. The molecule has 0 aliphatic carbocycles. The van der Waals surface area contributed by atoms with Crippen molar-refractivity contribution in [3.8, 4) is 0 Å². The Morgan fingerprint density at radius 1 is 1.44 bits per heavy atom. The van der Waals surface area contributed by atoms with E-state index in [1.807, 2.05) is 23.9 Å². The Bertz CT molecular complexity index is 480. The second kappa shape index (κ2) is 4.65. The molecule has 2 rings (SSSR count). The van der Waals surface area contributed by atoms with Crippen molar-refractivity contribution in [3.05, 3.63) is 41.2 Å². The van der Waals surface area contributed by atoms with Gasteiger partial charge in [0, 0.05) is 30.1 Å². The summed E-state index contributed by atoms with van der Waals surface area (Å²) in [4.78, 5) is 8.41. The Balaban J connectivity index is 2.14. The molecule has 0 radical (unpaired) electrons. The number of imidazole rings is 1. The molecule has 0 aliphatic heterocycles. The van der Waals surface area contributed by atoms with Crippen molar-refractivity contribution < 1.29 is 0 Å². The molecule has 0 bridgehead atoms. The van der Waals surface area contributed by atoms with Crippen LogP contribution >= 0.6 is 15.9 Å². The van der Waals surface area contributed by atoms with Gasteiger partial charge < -0.3 is 9.88 Å². The maximum Gasteiger partial charge on any atom is 0.130 e. The zero-order valence-electron chi connectivity index (χ0n) is 9.18. The van der Waals surface area contributed by atoms with Gasteiger partial charge in [-0.25, -0.2) is 4.98 Å². The number of rotatable bonds is 3. The van der Waals surface area contributed by atoms with Gasteiger partial charge in [-0.3, -0.25) is 4.98 Å². The van der Waals surface area contributed by atoms with Crippen LogP contribution in [0.5, 0.6) is 0 Å². The van der Waals surface area contributed by atoms with Crippen LogP contribution in [0, 0.1) is 0 Å². The molecule has 2 aromatic rings. The Kier molecular flexibility index (Phi) is 3.24. The smallest absolute Gasteiger partial charge is 0.130 e. The quantitative estimate of drug-likeness (QED) is 0.940. The molecule has 1 N–H and O–H groups in total. The summed E-state index contributed by atoms with van der Waals surface area (Å²) in [5.74, 6) is 1.000. The fraction of sp³-hybridized carbons (Fsp3) is 0.273. The Morgan fingerprint density at radius 2 is 2.25 bits per heavy atom. The van der Waals surface area contributed by atoms with Crippen molar-refractivity contribution in [2.45, 2.75) is 13.0 Å². The van der Waals surface area contributed by atoms with Gasteiger partial charge in [-0.15, -0.1) is 0 Å². The third kappa shape index (κ3) is 2.41. The van der Waals surface area contributed by atoms with Gasteiger partial charge in [0.15, 0.2) is 0 Å². The molecule has 0 spiro atoms. The van der Waals surface area contributed by atoms with Gasteiger partial charge >= 0.3 is 0 Å². The first-order valence-corrected chi connectivity index (χ1v) is 5.80. The maximum absolute atomic E-state index is 4.30. The fourth-order valence-corrected chi connectivity index (χ4v) is 1.96. The van der Waals surface area contributed by atoms with Crippen LogP contribution in [0.15, 0.2) is 35.3 Å². The summed E-state index contributed by atoms with van der Waals surface area (Å²) in [6, 6.07) is 2.14. The highest BCUT2D eigenvalue weighted by Gasteiger charge is 2.09. The van der Waals surface area contributed by atoms with Crippen LogP contribution in [-0.4, -0.2) is 14.5 Å². The second-order valence-electron chi connectivity index (χ2n) is 3.65. The molecule has 16 heavy (non-hydrogen) atoms. The van der Waals surface area contributed by atoms with E-state index in [-0.39, 0.29) is 6.04 Å². The minimum Gasteiger partial charge on any atom is -0.374 e. The van der Waals surface area contributed by atoms with Crippen LogP contribution < -0.4 is 5.32 Å². The van der Waals surface area contributed by atoms with Crippen molar-refractivity contribution in [3.63, 3.8) is 0 Å². The van der Waals surface area contributed by atoms with Crippen LogP contribution in [0.2, 0.25) is 0 Å². The number of aromatic nitrogens is 3. The van der Waals surface area contributed by atoms with E-state index in [4.69, 9.17) is 0 Å². The molecule has 0 amide bonds. The predicted octanol–water partition coefficient (Wildman–Crippen LogP) is 2.75. The summed E-state index contributed by atoms with van der Waals surface area (Å²) >= 11 is 3.39. The first-order valence-electron chi connectivity index (χ1n) is 5.01. The van der Waals surface area contributed by atoms with Crippen LogP contribution in [-0.2, 0) is 7.05 Å². The van der Waals surface area contributed by atoms with Gasteiger partial charge in [-0.05, 0) is 28.9 Å². The van der Waals surface area contributed by atoms with Crippen molar-refractivity contribution in [1.82, 2.24) is 14.5 Å². The molecule has 2 heterocycles. The monoisotopic (exact) mass is 280 g/mol. The SMILES string of the molecule is CC(Nc1cncc(Br)c1)c1nccn1C. The van der Waals surface area contributed by atoms with E-state index in [1.54, 1.807) is 18.6 Å². The minimum absolute atomic E-state index is 0.149. The molecule has 1 atom stereocenters. The van der Waals surface area contributed by atoms with E-state index in [2.05, 4.69) is 38.1 Å². The highest BCUT2D eigenvalue weighted by atomic mass is 79.9. The molecule has 0 saturated heterocycles. The first kappa shape index (κ1) is 11.1. The molecule has 0 aromatic carbocycles. The van der Waals surface area contributed by atoms with Crippen LogP contribution in [0.1, 0.15) is 18.8 Å². The molecular weight excluding hydrogens is 268 g/mol. The number of anilines is 1. The van der Waals surface area contributed by atoms with Crippen molar-refractivity contribution >= 4 is 21.6 Å². The van der Waals surface area contributed by atoms with E-state index < -0.39 is 0 Å². The molecule has 0 saturated carbocycles. The van der Waals surface area contributed by atoms with Crippen molar-refractivity contribution in [1.29, 1.82) is 0 Å². The average Bonchev–Trinajstić information content (AvgIpc) is 2.64. The van der Waals surface area contributed by atoms with Gasteiger partial charge in [0.25, 0.3) is 0 Å². The zero-order valence-corrected chi connectivity index (χ0v) is 10.8. The Labute approximate surface area is 103 Å². The van der Waals surface area contributed by atoms with E-state index in [1.165, 1.54) is 0 Å². The summed E-state index contributed by atoms with van der Waals surface area (Å²) in [6.45, 7) is 2.07. The van der Waals surface area contributed by atoms with Gasteiger partial charge in [0.1, 0.15) is 5.82 Å². The minimum atomic E-state index is 0.149. The van der Waals surface area contributed by atoms with Crippen molar-refractivity contribution in [2.75, 3.05) is 5.32 Å². The molecule has 84 valence electrons. The van der Waals surface area contributed by atoms with Gasteiger partial charge in [0.2, 0.25) is 0 Å². The number of hydrogen-bond donors (Lipinski definition) is 1. The first-order chi connectivity index (χ1) is 7.66. The number of aryl methyl sites for hydroxylation is 1. The standard InChI is InChI=1S/C11H13BrN4/c1-8(11-14-3-4-16(11)2)15-10-5-9(12)6-13-7-10/h3-8,15H,1-2H3. The molecule has 0 aliphatic rings. The summed E-state index contributed by atoms with van der Waals surface area (Å²) < 4.78 is 2.97. The highest BCUT2D eigenvalue weighted by Crippen LogP contribution is 2.19. The van der Waals surface area contributed by atoms with Crippen LogP contribution in [0.3, 0.4) is 0 Å². The predicted molar refractivity (Wildman–Crippen MR) is 67.2 cm³/mol. The largest absolute Gasteiger partial charge is 0.374 e. The normalized spacial score (nSPS) is 12.4. The zero-order chi connectivity index (χ0) is 11.5. The van der Waals surface area contributed by atoms with Crippen molar-refractivity contribution in [2.24, 2.45) is 7.05 Å². The lowest BCUT2D eigenvalue weighted by atomic mass is 10.3. The molecule has 5 heteroatoms. The van der Waals surface area contributed by atoms with Gasteiger partial charge in [0.05, 0.1) is 17.9 Å². The molecule has 4 nitrogen and oxygen atoms in total. The average molecular weight is 281 g/mol. The lowest BCUT2D eigenvalue weighted by Gasteiger charge is -2.14. The van der Waals surface area contributed by atoms with Crippen LogP contribution in [0.4, 0.5) is 5.69 Å². The molecule has 0 fully saturated rings. The Hall–Kier alpha value is -1.36.